The first-order valence-corrected chi connectivity index (χ1v) is 10.5. The Morgan fingerprint density at radius 1 is 1.23 bits per heavy atom. The van der Waals surface area contributed by atoms with Crippen molar-refractivity contribution in [3.8, 4) is 5.75 Å². The molecule has 0 unspecified atom stereocenters. The minimum atomic E-state index is -0.477. The molecular formula is C19H18BrClN4O4S. The lowest BCUT2D eigenvalue weighted by molar-refractivity contribution is -0.384. The number of piperazine rings is 1. The van der Waals surface area contributed by atoms with Gasteiger partial charge in [-0.1, -0.05) is 27.5 Å². The molecule has 2 aromatic rings. The molecule has 30 heavy (non-hydrogen) atoms. The third-order valence-electron chi connectivity index (χ3n) is 4.68. The topological polar surface area (TPSA) is 88.0 Å². The number of halogens is 2. The van der Waals surface area contributed by atoms with Crippen LogP contribution in [0.15, 0.2) is 40.9 Å². The number of hydrogen-bond acceptors (Lipinski definition) is 6. The molecule has 1 aliphatic heterocycles. The number of hydrogen-bond donors (Lipinski definition) is 1. The Hall–Kier alpha value is -2.43. The molecule has 1 amide bonds. The van der Waals surface area contributed by atoms with Crippen LogP contribution in [-0.4, -0.2) is 54.1 Å². The zero-order valence-corrected chi connectivity index (χ0v) is 19.1. The first kappa shape index (κ1) is 22.3. The van der Waals surface area contributed by atoms with Crippen molar-refractivity contribution >= 4 is 62.1 Å². The van der Waals surface area contributed by atoms with E-state index in [1.165, 1.54) is 19.2 Å². The number of carbonyl (C=O) groups is 1. The molecule has 1 heterocycles. The number of nitrogens with zero attached hydrogens (tertiary/aromatic N) is 3. The molecule has 8 nitrogen and oxygen atoms in total. The van der Waals surface area contributed by atoms with Crippen LogP contribution < -0.4 is 15.0 Å². The van der Waals surface area contributed by atoms with Crippen LogP contribution in [0.1, 0.15) is 10.4 Å². The molecule has 0 atom stereocenters. The second-order valence-electron chi connectivity index (χ2n) is 6.47. The number of nitro benzene ring substituents is 1. The molecule has 0 aliphatic carbocycles. The number of amides is 1. The van der Waals surface area contributed by atoms with Gasteiger partial charge in [0.15, 0.2) is 5.11 Å². The largest absolute Gasteiger partial charge is 0.496 e. The number of ether oxygens (including phenoxy) is 1. The molecule has 3 rings (SSSR count). The maximum absolute atomic E-state index is 12.6. The first-order chi connectivity index (χ1) is 14.3. The maximum atomic E-state index is 12.6. The zero-order valence-electron chi connectivity index (χ0n) is 15.9. The highest BCUT2D eigenvalue weighted by Gasteiger charge is 2.23. The van der Waals surface area contributed by atoms with Crippen LogP contribution in [0, 0.1) is 10.1 Å². The highest BCUT2D eigenvalue weighted by atomic mass is 79.9. The summed E-state index contributed by atoms with van der Waals surface area (Å²) in [5.41, 5.74) is 1.07. The minimum absolute atomic E-state index is 0.0470. The molecule has 11 heteroatoms. The standard InChI is InChI=1S/C19H18BrClN4O4S/c1-29-17-5-2-12(20)10-14(17)18(26)22-19(30)24-8-6-23(7-9-24)16-4-3-13(25(27)28)11-15(16)21/h2-5,10-11H,6-9H2,1H3,(H,22,26,30). The van der Waals surface area contributed by atoms with Crippen LogP contribution in [0.2, 0.25) is 5.02 Å². The number of rotatable bonds is 4. The van der Waals surface area contributed by atoms with Crippen molar-refractivity contribution in [2.75, 3.05) is 38.2 Å². The third kappa shape index (κ3) is 5.00. The molecule has 1 aliphatic rings. The van der Waals surface area contributed by atoms with Gasteiger partial charge in [-0.2, -0.15) is 0 Å². The van der Waals surface area contributed by atoms with Gasteiger partial charge in [-0.3, -0.25) is 20.2 Å². The van der Waals surface area contributed by atoms with Crippen molar-refractivity contribution in [1.29, 1.82) is 0 Å². The van der Waals surface area contributed by atoms with E-state index in [4.69, 9.17) is 28.6 Å². The predicted octanol–water partition coefficient (Wildman–Crippen LogP) is 3.86. The van der Waals surface area contributed by atoms with Gasteiger partial charge in [0.1, 0.15) is 5.75 Å². The van der Waals surface area contributed by atoms with E-state index >= 15 is 0 Å². The smallest absolute Gasteiger partial charge is 0.271 e. The Kier molecular flexibility index (Phi) is 7.11. The van der Waals surface area contributed by atoms with Gasteiger partial charge in [-0.15, -0.1) is 0 Å². The lowest BCUT2D eigenvalue weighted by Gasteiger charge is -2.37. The van der Waals surface area contributed by atoms with Crippen molar-refractivity contribution in [3.05, 3.63) is 61.6 Å². The van der Waals surface area contributed by atoms with Crippen molar-refractivity contribution in [3.63, 3.8) is 0 Å². The Labute approximate surface area is 192 Å². The average Bonchev–Trinajstić information content (AvgIpc) is 2.73. The molecule has 0 spiro atoms. The number of anilines is 1. The molecule has 158 valence electrons. The van der Waals surface area contributed by atoms with Gasteiger partial charge < -0.3 is 14.5 Å². The molecule has 0 bridgehead atoms. The summed E-state index contributed by atoms with van der Waals surface area (Å²) in [6.45, 7) is 2.35. The van der Waals surface area contributed by atoms with Crippen LogP contribution in [0.5, 0.6) is 5.75 Å². The molecular weight excluding hydrogens is 496 g/mol. The summed E-state index contributed by atoms with van der Waals surface area (Å²) in [5.74, 6) is 0.107. The van der Waals surface area contributed by atoms with E-state index in [-0.39, 0.29) is 11.6 Å². The second-order valence-corrected chi connectivity index (χ2v) is 8.18. The predicted molar refractivity (Wildman–Crippen MR) is 123 cm³/mol. The van der Waals surface area contributed by atoms with Gasteiger partial charge in [-0.25, -0.2) is 0 Å². The van der Waals surface area contributed by atoms with Gasteiger partial charge in [0.05, 0.1) is 28.3 Å². The molecule has 2 aromatic carbocycles. The number of benzene rings is 2. The maximum Gasteiger partial charge on any atom is 0.271 e. The van der Waals surface area contributed by atoms with Crippen molar-refractivity contribution < 1.29 is 14.5 Å². The van der Waals surface area contributed by atoms with E-state index in [1.54, 1.807) is 24.3 Å². The van der Waals surface area contributed by atoms with Crippen LogP contribution >= 0.6 is 39.7 Å². The molecule has 0 aromatic heterocycles. The van der Waals surface area contributed by atoms with Gasteiger partial charge in [0.2, 0.25) is 0 Å². The van der Waals surface area contributed by atoms with Crippen LogP contribution in [0.3, 0.4) is 0 Å². The summed E-state index contributed by atoms with van der Waals surface area (Å²) in [6, 6.07) is 9.59. The normalized spacial score (nSPS) is 13.7. The fourth-order valence-electron chi connectivity index (χ4n) is 3.12. The highest BCUT2D eigenvalue weighted by molar-refractivity contribution is 9.10. The quantitative estimate of drug-likeness (QED) is 0.377. The van der Waals surface area contributed by atoms with E-state index in [0.29, 0.717) is 47.6 Å². The number of nitro groups is 1. The van der Waals surface area contributed by atoms with E-state index < -0.39 is 4.92 Å². The summed E-state index contributed by atoms with van der Waals surface area (Å²) in [7, 11) is 1.50. The minimum Gasteiger partial charge on any atom is -0.496 e. The number of thiocarbonyl (C=S) groups is 1. The van der Waals surface area contributed by atoms with Crippen molar-refractivity contribution in [1.82, 2.24) is 10.2 Å². The van der Waals surface area contributed by atoms with Gasteiger partial charge in [0, 0.05) is 42.8 Å². The van der Waals surface area contributed by atoms with Crippen molar-refractivity contribution in [2.45, 2.75) is 0 Å². The summed E-state index contributed by atoms with van der Waals surface area (Å²) in [4.78, 5) is 27.0. The average molecular weight is 514 g/mol. The summed E-state index contributed by atoms with van der Waals surface area (Å²) in [5, 5.41) is 14.3. The van der Waals surface area contributed by atoms with Crippen LogP contribution in [0.25, 0.3) is 0 Å². The Morgan fingerprint density at radius 2 is 1.93 bits per heavy atom. The molecule has 0 radical (unpaired) electrons. The summed E-state index contributed by atoms with van der Waals surface area (Å²) >= 11 is 15.0. The lowest BCUT2D eigenvalue weighted by atomic mass is 10.2. The number of nitrogens with one attached hydrogen (secondary N) is 1. The molecule has 0 saturated carbocycles. The van der Waals surface area contributed by atoms with Crippen LogP contribution in [0.4, 0.5) is 11.4 Å². The van der Waals surface area contributed by atoms with Crippen molar-refractivity contribution in [2.24, 2.45) is 0 Å². The Bertz CT molecular complexity index is 998. The fourth-order valence-corrected chi connectivity index (χ4v) is 4.05. The SMILES string of the molecule is COc1ccc(Br)cc1C(=O)NC(=S)N1CCN(c2ccc([N+](=O)[O-])cc2Cl)CC1. The lowest BCUT2D eigenvalue weighted by Crippen LogP contribution is -2.52. The third-order valence-corrected chi connectivity index (χ3v) is 5.83. The van der Waals surface area contributed by atoms with E-state index in [1.807, 2.05) is 9.80 Å². The monoisotopic (exact) mass is 512 g/mol. The van der Waals surface area contributed by atoms with E-state index in [2.05, 4.69) is 21.2 Å². The van der Waals surface area contributed by atoms with E-state index in [9.17, 15) is 14.9 Å². The molecule has 1 N–H and O–H groups in total. The number of carbonyl (C=O) groups excluding carboxylic acids is 1. The van der Waals surface area contributed by atoms with E-state index in [0.717, 1.165) is 10.2 Å². The van der Waals surface area contributed by atoms with Gasteiger partial charge in [0.25, 0.3) is 11.6 Å². The van der Waals surface area contributed by atoms with Crippen LogP contribution in [-0.2, 0) is 0 Å². The Morgan fingerprint density at radius 3 is 2.53 bits per heavy atom. The van der Waals surface area contributed by atoms with Gasteiger partial charge >= 0.3 is 0 Å². The molecule has 1 saturated heterocycles. The zero-order chi connectivity index (χ0) is 21.8. The highest BCUT2D eigenvalue weighted by Crippen LogP contribution is 2.30. The first-order valence-electron chi connectivity index (χ1n) is 8.93. The van der Waals surface area contributed by atoms with Gasteiger partial charge in [-0.05, 0) is 36.5 Å². The summed E-state index contributed by atoms with van der Waals surface area (Å²) < 4.78 is 6.00. The fraction of sp³-hybridized carbons (Fsp3) is 0.263. The number of methoxy groups -OCH3 is 1. The second kappa shape index (κ2) is 9.59. The summed E-state index contributed by atoms with van der Waals surface area (Å²) in [6.07, 6.45) is 0. The number of non-ortho nitro benzene ring substituents is 1. The Balaban J connectivity index is 1.61. The molecule has 1 fully saturated rings.